The summed E-state index contributed by atoms with van der Waals surface area (Å²) in [5.41, 5.74) is 14.2. The van der Waals surface area contributed by atoms with Crippen LogP contribution >= 0.6 is 0 Å². The van der Waals surface area contributed by atoms with E-state index in [4.69, 9.17) is 5.73 Å². The number of aryl methyl sites for hydroxylation is 1. The van der Waals surface area contributed by atoms with Crippen LogP contribution in [0.2, 0.25) is 0 Å². The Balaban J connectivity index is 2.18. The van der Waals surface area contributed by atoms with Gasteiger partial charge < -0.3 is 5.73 Å². The molecule has 0 atom stereocenters. The Morgan fingerprint density at radius 1 is 1.20 bits per heavy atom. The van der Waals surface area contributed by atoms with Gasteiger partial charge in [0.1, 0.15) is 0 Å². The highest BCUT2D eigenvalue weighted by atomic mass is 14.5. The summed E-state index contributed by atoms with van der Waals surface area (Å²) in [6.45, 7) is 2.08. The molecule has 2 N–H and O–H groups in total. The van der Waals surface area contributed by atoms with Crippen molar-refractivity contribution >= 4 is 11.1 Å². The first-order valence-corrected chi connectivity index (χ1v) is 7.41. The second kappa shape index (κ2) is 5.54. The molecule has 1 aromatic rings. The quantitative estimate of drug-likeness (QED) is 0.804. The SMILES string of the molecule is C/C=C(\C=C/N)c1ccc2c(c1C1=CC=CCC1)CC2. The molecule has 20 heavy (non-hydrogen) atoms. The van der Waals surface area contributed by atoms with Crippen molar-refractivity contribution in [1.82, 2.24) is 0 Å². The summed E-state index contributed by atoms with van der Waals surface area (Å²) < 4.78 is 0. The zero-order chi connectivity index (χ0) is 13.9. The summed E-state index contributed by atoms with van der Waals surface area (Å²) in [4.78, 5) is 0. The minimum absolute atomic E-state index is 1.14. The van der Waals surface area contributed by atoms with Crippen LogP contribution < -0.4 is 5.73 Å². The predicted molar refractivity (Wildman–Crippen MR) is 87.2 cm³/mol. The Morgan fingerprint density at radius 3 is 2.70 bits per heavy atom. The minimum atomic E-state index is 1.14. The highest BCUT2D eigenvalue weighted by Gasteiger charge is 2.22. The average Bonchev–Trinajstić information content (AvgIpc) is 2.47. The number of benzene rings is 1. The second-order valence-electron chi connectivity index (χ2n) is 5.39. The maximum absolute atomic E-state index is 5.61. The van der Waals surface area contributed by atoms with E-state index in [0.29, 0.717) is 0 Å². The third-order valence-electron chi connectivity index (χ3n) is 4.29. The Bertz CT molecular complexity index is 642. The average molecular weight is 263 g/mol. The van der Waals surface area contributed by atoms with Crippen LogP contribution in [0.3, 0.4) is 0 Å². The monoisotopic (exact) mass is 263 g/mol. The Hall–Kier alpha value is -2.02. The second-order valence-corrected chi connectivity index (χ2v) is 5.39. The van der Waals surface area contributed by atoms with Gasteiger partial charge in [-0.25, -0.2) is 0 Å². The van der Waals surface area contributed by atoms with Crippen molar-refractivity contribution in [2.45, 2.75) is 32.6 Å². The molecule has 0 aliphatic heterocycles. The lowest BCUT2D eigenvalue weighted by Gasteiger charge is -2.27. The van der Waals surface area contributed by atoms with Gasteiger partial charge in [0.25, 0.3) is 0 Å². The maximum Gasteiger partial charge on any atom is -0.00563 e. The van der Waals surface area contributed by atoms with Gasteiger partial charge >= 0.3 is 0 Å². The number of allylic oxidation sites excluding steroid dienone is 7. The molecule has 0 saturated heterocycles. The van der Waals surface area contributed by atoms with Gasteiger partial charge in [0.2, 0.25) is 0 Å². The first-order chi connectivity index (χ1) is 9.85. The van der Waals surface area contributed by atoms with Crippen LogP contribution in [0, 0.1) is 0 Å². The Labute approximate surface area is 121 Å². The summed E-state index contributed by atoms with van der Waals surface area (Å²) >= 11 is 0. The summed E-state index contributed by atoms with van der Waals surface area (Å²) in [5, 5.41) is 0. The number of nitrogens with two attached hydrogens (primary N) is 1. The van der Waals surface area contributed by atoms with E-state index in [0.717, 1.165) is 12.8 Å². The molecular weight excluding hydrogens is 242 g/mol. The van der Waals surface area contributed by atoms with E-state index in [-0.39, 0.29) is 0 Å². The molecular formula is C19H21N. The van der Waals surface area contributed by atoms with Crippen molar-refractivity contribution in [3.05, 3.63) is 71.0 Å². The van der Waals surface area contributed by atoms with Crippen molar-refractivity contribution in [3.63, 3.8) is 0 Å². The summed E-state index contributed by atoms with van der Waals surface area (Å²) in [6.07, 6.45) is 17.2. The molecule has 0 heterocycles. The van der Waals surface area contributed by atoms with E-state index >= 15 is 0 Å². The lowest BCUT2D eigenvalue weighted by molar-refractivity contribution is 0.830. The molecule has 0 bridgehead atoms. The van der Waals surface area contributed by atoms with Crippen LogP contribution in [0.4, 0.5) is 0 Å². The fourth-order valence-electron chi connectivity index (χ4n) is 3.16. The number of hydrogen-bond donors (Lipinski definition) is 1. The largest absolute Gasteiger partial charge is 0.405 e. The van der Waals surface area contributed by atoms with Gasteiger partial charge in [0.15, 0.2) is 0 Å². The van der Waals surface area contributed by atoms with Gasteiger partial charge in [-0.3, -0.25) is 0 Å². The van der Waals surface area contributed by atoms with Crippen molar-refractivity contribution in [2.24, 2.45) is 5.73 Å². The fourth-order valence-corrected chi connectivity index (χ4v) is 3.16. The van der Waals surface area contributed by atoms with Crippen LogP contribution in [0.25, 0.3) is 11.1 Å². The first kappa shape index (κ1) is 13.0. The van der Waals surface area contributed by atoms with E-state index in [1.165, 1.54) is 40.7 Å². The highest BCUT2D eigenvalue weighted by molar-refractivity contribution is 5.87. The molecule has 0 fully saturated rings. The molecule has 0 amide bonds. The predicted octanol–water partition coefficient (Wildman–Crippen LogP) is 4.39. The first-order valence-electron chi connectivity index (χ1n) is 7.41. The van der Waals surface area contributed by atoms with Gasteiger partial charge in [-0.05, 0) is 78.3 Å². The Kier molecular flexibility index (Phi) is 3.60. The maximum atomic E-state index is 5.61. The molecule has 2 aliphatic carbocycles. The fraction of sp³-hybridized carbons (Fsp3) is 0.263. The van der Waals surface area contributed by atoms with E-state index in [1.807, 2.05) is 6.08 Å². The van der Waals surface area contributed by atoms with Crippen LogP contribution in [-0.4, -0.2) is 0 Å². The number of hydrogen-bond acceptors (Lipinski definition) is 1. The normalized spacial score (nSPS) is 17.9. The van der Waals surface area contributed by atoms with Crippen molar-refractivity contribution in [2.75, 3.05) is 0 Å². The lowest BCUT2D eigenvalue weighted by Crippen LogP contribution is -2.14. The summed E-state index contributed by atoms with van der Waals surface area (Å²) in [6, 6.07) is 4.55. The van der Waals surface area contributed by atoms with Crippen LogP contribution in [0.5, 0.6) is 0 Å². The molecule has 0 aromatic heterocycles. The van der Waals surface area contributed by atoms with Gasteiger partial charge in [-0.1, -0.05) is 36.4 Å². The van der Waals surface area contributed by atoms with E-state index in [1.54, 1.807) is 11.8 Å². The van der Waals surface area contributed by atoms with E-state index in [2.05, 4.69) is 43.4 Å². The van der Waals surface area contributed by atoms with E-state index < -0.39 is 0 Å². The van der Waals surface area contributed by atoms with Crippen molar-refractivity contribution < 1.29 is 0 Å². The number of fused-ring (bicyclic) bond motifs is 1. The molecule has 0 spiro atoms. The van der Waals surface area contributed by atoms with Crippen LogP contribution in [0.1, 0.15) is 42.0 Å². The molecule has 1 nitrogen and oxygen atoms in total. The van der Waals surface area contributed by atoms with E-state index in [9.17, 15) is 0 Å². The standard InChI is InChI=1S/C19H21N/c1-2-14(12-13-20)17-10-8-15-9-11-18(15)19(17)16-6-4-3-5-7-16/h2-4,6,8,10,12-13H,5,7,9,11,20H2,1H3/b13-12-,14-2+. The summed E-state index contributed by atoms with van der Waals surface area (Å²) in [7, 11) is 0. The lowest BCUT2D eigenvalue weighted by atomic mass is 9.77. The minimum Gasteiger partial charge on any atom is -0.405 e. The molecule has 0 saturated carbocycles. The van der Waals surface area contributed by atoms with Gasteiger partial charge in [0.05, 0.1) is 0 Å². The third-order valence-corrected chi connectivity index (χ3v) is 4.29. The molecule has 3 rings (SSSR count). The van der Waals surface area contributed by atoms with Crippen molar-refractivity contribution in [1.29, 1.82) is 0 Å². The van der Waals surface area contributed by atoms with Crippen molar-refractivity contribution in [3.8, 4) is 0 Å². The molecule has 1 heteroatoms. The zero-order valence-corrected chi connectivity index (χ0v) is 12.0. The van der Waals surface area contributed by atoms with Gasteiger partial charge in [-0.15, -0.1) is 0 Å². The molecule has 0 unspecified atom stereocenters. The molecule has 0 radical (unpaired) electrons. The molecule has 1 aromatic carbocycles. The summed E-state index contributed by atoms with van der Waals surface area (Å²) in [5.74, 6) is 0. The molecule has 2 aliphatic rings. The third kappa shape index (κ3) is 2.14. The smallest absolute Gasteiger partial charge is 0.00563 e. The molecule has 102 valence electrons. The Morgan fingerprint density at radius 2 is 2.10 bits per heavy atom. The van der Waals surface area contributed by atoms with Gasteiger partial charge in [0, 0.05) is 0 Å². The van der Waals surface area contributed by atoms with Gasteiger partial charge in [-0.2, -0.15) is 0 Å². The van der Waals surface area contributed by atoms with Crippen LogP contribution in [0.15, 0.2) is 48.7 Å². The number of rotatable bonds is 3. The van der Waals surface area contributed by atoms with Crippen LogP contribution in [-0.2, 0) is 12.8 Å². The zero-order valence-electron chi connectivity index (χ0n) is 12.0. The highest BCUT2D eigenvalue weighted by Crippen LogP contribution is 2.39. The topological polar surface area (TPSA) is 26.0 Å².